The molecule has 1 fully saturated rings. The van der Waals surface area contributed by atoms with Crippen molar-refractivity contribution in [3.63, 3.8) is 0 Å². The molecule has 1 atom stereocenters. The summed E-state index contributed by atoms with van der Waals surface area (Å²) in [6.07, 6.45) is 2.17. The van der Waals surface area contributed by atoms with E-state index >= 15 is 0 Å². The Morgan fingerprint density at radius 2 is 2.28 bits per heavy atom. The summed E-state index contributed by atoms with van der Waals surface area (Å²) in [5.74, 6) is 0.161. The third kappa shape index (κ3) is 3.82. The van der Waals surface area contributed by atoms with Crippen molar-refractivity contribution in [2.24, 2.45) is 0 Å². The largest absolute Gasteiger partial charge is 0.472 e. The highest BCUT2D eigenvalue weighted by Crippen LogP contribution is 2.24. The molecule has 0 aliphatic carbocycles. The molecule has 1 unspecified atom stereocenters. The van der Waals surface area contributed by atoms with Crippen LogP contribution in [0.5, 0.6) is 5.88 Å². The SMILES string of the molecule is CCNC(=O)c1cccnc1OC1CCN(C(=O)c2sccc2C)C1. The quantitative estimate of drug-likeness (QED) is 0.890. The first kappa shape index (κ1) is 17.4. The third-order valence-electron chi connectivity index (χ3n) is 4.12. The molecule has 0 bridgehead atoms. The average Bonchev–Trinajstić information content (AvgIpc) is 3.24. The molecule has 1 saturated heterocycles. The van der Waals surface area contributed by atoms with E-state index in [1.165, 1.54) is 11.3 Å². The molecule has 0 spiro atoms. The molecule has 2 aromatic rings. The maximum atomic E-state index is 12.6. The number of nitrogens with zero attached hydrogens (tertiary/aromatic N) is 2. The predicted molar refractivity (Wildman–Crippen MR) is 96.2 cm³/mol. The lowest BCUT2D eigenvalue weighted by atomic mass is 10.2. The van der Waals surface area contributed by atoms with Gasteiger partial charge in [-0.05, 0) is 43.0 Å². The van der Waals surface area contributed by atoms with E-state index in [9.17, 15) is 9.59 Å². The minimum atomic E-state index is -0.203. The van der Waals surface area contributed by atoms with Gasteiger partial charge < -0.3 is 15.0 Å². The second-order valence-electron chi connectivity index (χ2n) is 5.93. The number of pyridine rings is 1. The second kappa shape index (κ2) is 7.65. The number of carbonyl (C=O) groups excluding carboxylic acids is 2. The van der Waals surface area contributed by atoms with Crippen molar-refractivity contribution in [3.05, 3.63) is 45.8 Å². The van der Waals surface area contributed by atoms with E-state index in [1.54, 1.807) is 23.2 Å². The molecule has 0 saturated carbocycles. The fourth-order valence-corrected chi connectivity index (χ4v) is 3.71. The number of hydrogen-bond acceptors (Lipinski definition) is 5. The van der Waals surface area contributed by atoms with Gasteiger partial charge in [0.2, 0.25) is 5.88 Å². The molecule has 6 nitrogen and oxygen atoms in total. The van der Waals surface area contributed by atoms with Gasteiger partial charge in [0.1, 0.15) is 11.7 Å². The van der Waals surface area contributed by atoms with E-state index in [0.29, 0.717) is 31.1 Å². The van der Waals surface area contributed by atoms with Crippen LogP contribution in [0.1, 0.15) is 38.9 Å². The average molecular weight is 359 g/mol. The molecule has 25 heavy (non-hydrogen) atoms. The van der Waals surface area contributed by atoms with Crippen molar-refractivity contribution >= 4 is 23.2 Å². The molecule has 3 rings (SSSR count). The molecule has 7 heteroatoms. The third-order valence-corrected chi connectivity index (χ3v) is 5.12. The first-order valence-corrected chi connectivity index (χ1v) is 9.21. The molecular formula is C18H21N3O3S. The lowest BCUT2D eigenvalue weighted by Crippen LogP contribution is -2.31. The van der Waals surface area contributed by atoms with Crippen molar-refractivity contribution < 1.29 is 14.3 Å². The Kier molecular flexibility index (Phi) is 5.33. The van der Waals surface area contributed by atoms with Crippen LogP contribution < -0.4 is 10.1 Å². The lowest BCUT2D eigenvalue weighted by Gasteiger charge is -2.17. The molecule has 132 valence electrons. The van der Waals surface area contributed by atoms with Crippen LogP contribution >= 0.6 is 11.3 Å². The minimum absolute atomic E-state index is 0.0450. The predicted octanol–water partition coefficient (Wildman–Crippen LogP) is 2.49. The van der Waals surface area contributed by atoms with E-state index in [2.05, 4.69) is 10.3 Å². The van der Waals surface area contributed by atoms with Crippen molar-refractivity contribution in [3.8, 4) is 5.88 Å². The van der Waals surface area contributed by atoms with Gasteiger partial charge in [-0.25, -0.2) is 4.98 Å². The first-order valence-electron chi connectivity index (χ1n) is 8.33. The molecule has 1 aliphatic heterocycles. The molecule has 1 N–H and O–H groups in total. The van der Waals surface area contributed by atoms with E-state index < -0.39 is 0 Å². The second-order valence-corrected chi connectivity index (χ2v) is 6.84. The van der Waals surface area contributed by atoms with E-state index in [0.717, 1.165) is 16.9 Å². The molecule has 0 radical (unpaired) electrons. The summed E-state index contributed by atoms with van der Waals surface area (Å²) < 4.78 is 5.94. The normalized spacial score (nSPS) is 16.7. The Bertz CT molecular complexity index is 774. The van der Waals surface area contributed by atoms with Crippen molar-refractivity contribution in [1.29, 1.82) is 0 Å². The van der Waals surface area contributed by atoms with Gasteiger partial charge >= 0.3 is 0 Å². The molecule has 3 heterocycles. The van der Waals surface area contributed by atoms with Crippen LogP contribution in [-0.2, 0) is 0 Å². The monoisotopic (exact) mass is 359 g/mol. The summed E-state index contributed by atoms with van der Waals surface area (Å²) in [6, 6.07) is 5.36. The van der Waals surface area contributed by atoms with E-state index in [1.807, 2.05) is 25.3 Å². The summed E-state index contributed by atoms with van der Waals surface area (Å²) in [4.78, 5) is 31.5. The Morgan fingerprint density at radius 1 is 1.44 bits per heavy atom. The number of aromatic nitrogens is 1. The molecular weight excluding hydrogens is 338 g/mol. The van der Waals surface area contributed by atoms with Crippen LogP contribution in [0, 0.1) is 6.92 Å². The number of thiophene rings is 1. The summed E-state index contributed by atoms with van der Waals surface area (Å²) in [7, 11) is 0. The Hall–Kier alpha value is -2.41. The van der Waals surface area contributed by atoms with Gasteiger partial charge in [0.15, 0.2) is 0 Å². The Balaban J connectivity index is 1.67. The van der Waals surface area contributed by atoms with Gasteiger partial charge in [-0.1, -0.05) is 0 Å². The summed E-state index contributed by atoms with van der Waals surface area (Å²) in [6.45, 7) is 5.49. The molecule has 1 aliphatic rings. The van der Waals surface area contributed by atoms with Crippen LogP contribution in [0.15, 0.2) is 29.8 Å². The maximum Gasteiger partial charge on any atom is 0.264 e. The summed E-state index contributed by atoms with van der Waals surface area (Å²) in [5.41, 5.74) is 1.42. The van der Waals surface area contributed by atoms with Gasteiger partial charge in [0, 0.05) is 25.7 Å². The van der Waals surface area contributed by atoms with Crippen LogP contribution in [0.2, 0.25) is 0 Å². The lowest BCUT2D eigenvalue weighted by molar-refractivity contribution is 0.0772. The summed E-state index contributed by atoms with van der Waals surface area (Å²) >= 11 is 1.46. The number of amides is 2. The fraction of sp³-hybridized carbons (Fsp3) is 0.389. The van der Waals surface area contributed by atoms with Gasteiger partial charge in [-0.3, -0.25) is 9.59 Å². The fourth-order valence-electron chi connectivity index (χ4n) is 2.82. The number of hydrogen-bond donors (Lipinski definition) is 1. The first-order chi connectivity index (χ1) is 12.1. The van der Waals surface area contributed by atoms with Gasteiger partial charge in [0.25, 0.3) is 11.8 Å². The van der Waals surface area contributed by atoms with Gasteiger partial charge in [0.05, 0.1) is 11.4 Å². The minimum Gasteiger partial charge on any atom is -0.472 e. The topological polar surface area (TPSA) is 71.5 Å². The van der Waals surface area contributed by atoms with Crippen molar-refractivity contribution in [2.75, 3.05) is 19.6 Å². The van der Waals surface area contributed by atoms with Crippen LogP contribution in [0.25, 0.3) is 0 Å². The van der Waals surface area contributed by atoms with Gasteiger partial charge in [-0.2, -0.15) is 0 Å². The van der Waals surface area contributed by atoms with Gasteiger partial charge in [-0.15, -0.1) is 11.3 Å². The smallest absolute Gasteiger partial charge is 0.264 e. The highest BCUT2D eigenvalue weighted by atomic mass is 32.1. The zero-order valence-corrected chi connectivity index (χ0v) is 15.1. The molecule has 2 amide bonds. The number of aryl methyl sites for hydroxylation is 1. The highest BCUT2D eigenvalue weighted by molar-refractivity contribution is 7.12. The standard InChI is InChI=1S/C18H21N3O3S/c1-3-19-16(22)14-5-4-8-20-17(14)24-13-6-9-21(11-13)18(23)15-12(2)7-10-25-15/h4-5,7-8,10,13H,3,6,9,11H2,1-2H3,(H,19,22). The molecule has 2 aromatic heterocycles. The number of ether oxygens (including phenoxy) is 1. The number of carbonyl (C=O) groups is 2. The highest BCUT2D eigenvalue weighted by Gasteiger charge is 2.30. The van der Waals surface area contributed by atoms with Crippen LogP contribution in [0.3, 0.4) is 0 Å². The van der Waals surface area contributed by atoms with Crippen LogP contribution in [-0.4, -0.2) is 47.4 Å². The number of likely N-dealkylation sites (tertiary alicyclic amines) is 1. The summed E-state index contributed by atoms with van der Waals surface area (Å²) in [5, 5.41) is 4.69. The molecule has 0 aromatic carbocycles. The van der Waals surface area contributed by atoms with Crippen molar-refractivity contribution in [2.45, 2.75) is 26.4 Å². The Morgan fingerprint density at radius 3 is 3.00 bits per heavy atom. The van der Waals surface area contributed by atoms with Crippen LogP contribution in [0.4, 0.5) is 0 Å². The van der Waals surface area contributed by atoms with E-state index in [4.69, 9.17) is 4.74 Å². The zero-order chi connectivity index (χ0) is 17.8. The van der Waals surface area contributed by atoms with E-state index in [-0.39, 0.29) is 17.9 Å². The number of nitrogens with one attached hydrogen (secondary N) is 1. The zero-order valence-electron chi connectivity index (χ0n) is 14.3. The number of rotatable bonds is 5. The maximum absolute atomic E-state index is 12.6. The van der Waals surface area contributed by atoms with Crippen molar-refractivity contribution in [1.82, 2.24) is 15.2 Å². The Labute approximate surface area is 150 Å².